The molecule has 2 amide bonds. The Morgan fingerprint density at radius 3 is 2.59 bits per heavy atom. The number of methoxy groups -OCH3 is 1. The lowest BCUT2D eigenvalue weighted by atomic mass is 9.90. The van der Waals surface area contributed by atoms with Crippen LogP contribution in [0.15, 0.2) is 0 Å². The first-order chi connectivity index (χ1) is 10.0. The van der Waals surface area contributed by atoms with E-state index in [2.05, 4.69) is 0 Å². The van der Waals surface area contributed by atoms with Crippen LogP contribution in [0.25, 0.3) is 0 Å². The van der Waals surface area contributed by atoms with Gasteiger partial charge in [-0.05, 0) is 25.7 Å². The van der Waals surface area contributed by atoms with Gasteiger partial charge in [0.15, 0.2) is 0 Å². The van der Waals surface area contributed by atoms with Crippen LogP contribution in [-0.2, 0) is 14.3 Å². The van der Waals surface area contributed by atoms with E-state index in [0.717, 1.165) is 25.9 Å². The molecule has 7 heteroatoms. The summed E-state index contributed by atoms with van der Waals surface area (Å²) in [4.78, 5) is 28.1. The molecule has 0 aromatic carbocycles. The summed E-state index contributed by atoms with van der Waals surface area (Å²) in [6.45, 7) is 5.21. The Kier molecular flexibility index (Phi) is 7.59. The number of carbonyl (C=O) groups excluding carboxylic acids is 2. The molecule has 2 rings (SSSR count). The molecule has 2 saturated heterocycles. The lowest BCUT2D eigenvalue weighted by Gasteiger charge is -2.35. The van der Waals surface area contributed by atoms with E-state index in [4.69, 9.17) is 10.5 Å². The lowest BCUT2D eigenvalue weighted by Crippen LogP contribution is -2.45. The van der Waals surface area contributed by atoms with Gasteiger partial charge in [0.2, 0.25) is 11.8 Å². The predicted octanol–water partition coefficient (Wildman–Crippen LogP) is 0.489. The average Bonchev–Trinajstić information content (AvgIpc) is 2.85. The molecule has 0 aromatic rings. The number of carbonyl (C=O) groups is 2. The maximum absolute atomic E-state index is 12.5. The second-order valence-corrected chi connectivity index (χ2v) is 6.26. The molecular weight excluding hydrogens is 306 g/mol. The molecule has 2 unspecified atom stereocenters. The maximum atomic E-state index is 12.5. The Bertz CT molecular complexity index is 384. The van der Waals surface area contributed by atoms with Crippen molar-refractivity contribution in [2.45, 2.75) is 32.2 Å². The molecule has 2 atom stereocenters. The molecule has 2 N–H and O–H groups in total. The van der Waals surface area contributed by atoms with Crippen LogP contribution in [0.1, 0.15) is 26.2 Å². The van der Waals surface area contributed by atoms with Gasteiger partial charge in [0.1, 0.15) is 0 Å². The number of likely N-dealkylation sites (tertiary alicyclic amines) is 2. The number of nitrogens with zero attached hydrogens (tertiary/aromatic N) is 2. The minimum atomic E-state index is -0.179. The number of halogens is 1. The van der Waals surface area contributed by atoms with Gasteiger partial charge < -0.3 is 20.3 Å². The molecule has 128 valence electrons. The molecule has 2 heterocycles. The molecule has 6 nitrogen and oxygen atoms in total. The summed E-state index contributed by atoms with van der Waals surface area (Å²) >= 11 is 0. The van der Waals surface area contributed by atoms with Crippen molar-refractivity contribution in [2.24, 2.45) is 17.6 Å². The fraction of sp³-hybridized carbons (Fsp3) is 0.867. The van der Waals surface area contributed by atoms with Crippen molar-refractivity contribution in [3.05, 3.63) is 0 Å². The number of nitrogens with two attached hydrogens (primary N) is 1. The average molecular weight is 334 g/mol. The van der Waals surface area contributed by atoms with Gasteiger partial charge in [-0.1, -0.05) is 0 Å². The molecule has 0 aromatic heterocycles. The van der Waals surface area contributed by atoms with Crippen LogP contribution in [0.3, 0.4) is 0 Å². The standard InChI is InChI=1S/C15H27N3O3.ClH/c1-11(16)12-3-5-17(6-4-12)15(20)13-9-14(19)18(10-13)7-8-21-2;/h11-13H,3-10,16H2,1-2H3;1H. The van der Waals surface area contributed by atoms with Crippen molar-refractivity contribution >= 4 is 24.2 Å². The van der Waals surface area contributed by atoms with Gasteiger partial charge >= 0.3 is 0 Å². The minimum Gasteiger partial charge on any atom is -0.383 e. The van der Waals surface area contributed by atoms with Gasteiger partial charge in [0.25, 0.3) is 0 Å². The van der Waals surface area contributed by atoms with Crippen molar-refractivity contribution in [3.63, 3.8) is 0 Å². The monoisotopic (exact) mass is 333 g/mol. The topological polar surface area (TPSA) is 75.9 Å². The van der Waals surface area contributed by atoms with Crippen LogP contribution >= 0.6 is 12.4 Å². The van der Waals surface area contributed by atoms with Crippen molar-refractivity contribution in [1.82, 2.24) is 9.80 Å². The first kappa shape index (κ1) is 19.2. The highest BCUT2D eigenvalue weighted by atomic mass is 35.5. The van der Waals surface area contributed by atoms with Crippen molar-refractivity contribution in [3.8, 4) is 0 Å². The van der Waals surface area contributed by atoms with Crippen LogP contribution in [0, 0.1) is 11.8 Å². The Morgan fingerprint density at radius 2 is 2.05 bits per heavy atom. The molecular formula is C15H28ClN3O3. The molecule has 0 saturated carbocycles. The van der Waals surface area contributed by atoms with Gasteiger partial charge in [0.05, 0.1) is 12.5 Å². The second kappa shape index (κ2) is 8.70. The maximum Gasteiger partial charge on any atom is 0.227 e. The van der Waals surface area contributed by atoms with E-state index >= 15 is 0 Å². The number of hydrogen-bond acceptors (Lipinski definition) is 4. The quantitative estimate of drug-likeness (QED) is 0.794. The third-order valence-corrected chi connectivity index (χ3v) is 4.72. The first-order valence-electron chi connectivity index (χ1n) is 7.84. The zero-order valence-electron chi connectivity index (χ0n) is 13.5. The largest absolute Gasteiger partial charge is 0.383 e. The fourth-order valence-electron chi connectivity index (χ4n) is 3.26. The van der Waals surface area contributed by atoms with Crippen LogP contribution in [0.5, 0.6) is 0 Å². The summed E-state index contributed by atoms with van der Waals surface area (Å²) in [5.41, 5.74) is 5.93. The second-order valence-electron chi connectivity index (χ2n) is 6.26. The summed E-state index contributed by atoms with van der Waals surface area (Å²) in [6, 6.07) is 0.194. The summed E-state index contributed by atoms with van der Waals surface area (Å²) < 4.78 is 5.00. The number of ether oxygens (including phenoxy) is 1. The molecule has 0 spiro atoms. The normalized spacial score (nSPS) is 24.3. The minimum absolute atomic E-state index is 0. The Morgan fingerprint density at radius 1 is 1.41 bits per heavy atom. The third-order valence-electron chi connectivity index (χ3n) is 4.72. The van der Waals surface area contributed by atoms with Crippen molar-refractivity contribution in [2.75, 3.05) is 39.9 Å². The predicted molar refractivity (Wildman–Crippen MR) is 86.8 cm³/mol. The van der Waals surface area contributed by atoms with Gasteiger partial charge in [0, 0.05) is 45.8 Å². The lowest BCUT2D eigenvalue weighted by molar-refractivity contribution is -0.137. The van der Waals surface area contributed by atoms with Crippen molar-refractivity contribution in [1.29, 1.82) is 0 Å². The van der Waals surface area contributed by atoms with Gasteiger partial charge in [-0.2, -0.15) is 0 Å². The van der Waals surface area contributed by atoms with E-state index in [0.29, 0.717) is 32.0 Å². The van der Waals surface area contributed by atoms with Gasteiger partial charge in [-0.15, -0.1) is 12.4 Å². The van der Waals surface area contributed by atoms with E-state index in [1.165, 1.54) is 0 Å². The molecule has 2 aliphatic heterocycles. The smallest absolute Gasteiger partial charge is 0.227 e. The van der Waals surface area contributed by atoms with Gasteiger partial charge in [-0.3, -0.25) is 9.59 Å². The Balaban J connectivity index is 0.00000242. The highest BCUT2D eigenvalue weighted by molar-refractivity contribution is 5.89. The SMILES string of the molecule is COCCN1CC(C(=O)N2CCC(C(C)N)CC2)CC1=O.Cl. The third kappa shape index (κ3) is 4.57. The van der Waals surface area contributed by atoms with Gasteiger partial charge in [-0.25, -0.2) is 0 Å². The van der Waals surface area contributed by atoms with E-state index in [-0.39, 0.29) is 36.2 Å². The van der Waals surface area contributed by atoms with E-state index in [9.17, 15) is 9.59 Å². The van der Waals surface area contributed by atoms with Crippen LogP contribution < -0.4 is 5.73 Å². The van der Waals surface area contributed by atoms with E-state index < -0.39 is 0 Å². The number of hydrogen-bond donors (Lipinski definition) is 1. The van der Waals surface area contributed by atoms with Crippen LogP contribution in [-0.4, -0.2) is 67.6 Å². The van der Waals surface area contributed by atoms with E-state index in [1.807, 2.05) is 11.8 Å². The zero-order valence-corrected chi connectivity index (χ0v) is 14.3. The number of amides is 2. The number of piperidine rings is 1. The highest BCUT2D eigenvalue weighted by Crippen LogP contribution is 2.24. The summed E-state index contributed by atoms with van der Waals surface area (Å²) in [5, 5.41) is 0. The van der Waals surface area contributed by atoms with Crippen molar-refractivity contribution < 1.29 is 14.3 Å². The molecule has 0 bridgehead atoms. The number of rotatable bonds is 5. The fourth-order valence-corrected chi connectivity index (χ4v) is 3.26. The zero-order chi connectivity index (χ0) is 15.4. The van der Waals surface area contributed by atoms with Crippen LogP contribution in [0.4, 0.5) is 0 Å². The molecule has 0 aliphatic carbocycles. The Labute approximate surface area is 138 Å². The molecule has 2 aliphatic rings. The van der Waals surface area contributed by atoms with E-state index in [1.54, 1.807) is 12.0 Å². The summed E-state index contributed by atoms with van der Waals surface area (Å²) in [7, 11) is 1.62. The molecule has 22 heavy (non-hydrogen) atoms. The van der Waals surface area contributed by atoms with Crippen LogP contribution in [0.2, 0.25) is 0 Å². The summed E-state index contributed by atoms with van der Waals surface area (Å²) in [6.07, 6.45) is 2.28. The molecule has 0 radical (unpaired) electrons. The molecule has 2 fully saturated rings. The Hall–Kier alpha value is -0.850. The summed E-state index contributed by atoms with van der Waals surface area (Å²) in [5.74, 6) is 0.529. The highest BCUT2D eigenvalue weighted by Gasteiger charge is 2.37. The first-order valence-corrected chi connectivity index (χ1v) is 7.84.